The Hall–Kier alpha value is -2.74. The van der Waals surface area contributed by atoms with Crippen molar-refractivity contribution in [1.29, 1.82) is 0 Å². The first-order valence-corrected chi connectivity index (χ1v) is 17.9. The monoisotopic (exact) mass is 572 g/mol. The molecule has 0 spiro atoms. The Morgan fingerprint density at radius 3 is 1.05 bits per heavy atom. The van der Waals surface area contributed by atoms with Crippen LogP contribution in [0.15, 0.2) is 121 Å². The maximum atomic E-state index is 14.2. The van der Waals surface area contributed by atoms with Gasteiger partial charge in [-0.05, 0) is 12.8 Å². The predicted molar refractivity (Wildman–Crippen MR) is 167 cm³/mol. The van der Waals surface area contributed by atoms with Crippen LogP contribution in [-0.4, -0.2) is 38.8 Å². The lowest BCUT2D eigenvalue weighted by Gasteiger charge is -2.41. The summed E-state index contributed by atoms with van der Waals surface area (Å²) in [5.74, 6) is 0. The van der Waals surface area contributed by atoms with Gasteiger partial charge in [0.25, 0.3) is 0 Å². The van der Waals surface area contributed by atoms with Crippen LogP contribution in [0.3, 0.4) is 0 Å². The summed E-state index contributed by atoms with van der Waals surface area (Å²) in [6, 6.07) is 39.0. The molecule has 0 bridgehead atoms. The SMILES string of the molecule is O=P(CCOCC1(COCCP(=O)(c2ccccc2)c2ccccc2)CCC1)(c1ccccc1)c1ccccc1. The van der Waals surface area contributed by atoms with Gasteiger partial charge in [0.15, 0.2) is 0 Å². The first-order chi connectivity index (χ1) is 19.5. The maximum Gasteiger partial charge on any atom is 0.145 e. The van der Waals surface area contributed by atoms with Crippen LogP contribution in [0, 0.1) is 5.41 Å². The Labute approximate surface area is 238 Å². The molecule has 4 aromatic carbocycles. The Morgan fingerprint density at radius 2 is 0.800 bits per heavy atom. The number of hydrogen-bond donors (Lipinski definition) is 0. The average Bonchev–Trinajstić information content (AvgIpc) is 3.01. The van der Waals surface area contributed by atoms with Crippen molar-refractivity contribution < 1.29 is 18.6 Å². The molecule has 0 saturated heterocycles. The molecule has 208 valence electrons. The Morgan fingerprint density at radius 1 is 0.500 bits per heavy atom. The normalized spacial score (nSPS) is 14.9. The van der Waals surface area contributed by atoms with Crippen LogP contribution < -0.4 is 21.2 Å². The standard InChI is InChI=1S/C34H38O4P2/c35-39(30-14-5-1-6-15-30,31-16-7-2-8-17-31)26-24-37-28-34(22-13-23-34)29-38-25-27-40(36,32-18-9-3-10-19-32)33-20-11-4-12-21-33/h1-12,14-21H,13,22-29H2. The summed E-state index contributed by atoms with van der Waals surface area (Å²) in [6.45, 7) is 2.04. The van der Waals surface area contributed by atoms with Crippen LogP contribution in [0.5, 0.6) is 0 Å². The molecule has 6 heteroatoms. The van der Waals surface area contributed by atoms with Gasteiger partial charge in [-0.2, -0.15) is 0 Å². The third kappa shape index (κ3) is 6.59. The molecule has 40 heavy (non-hydrogen) atoms. The highest BCUT2D eigenvalue weighted by molar-refractivity contribution is 7.79. The van der Waals surface area contributed by atoms with Crippen molar-refractivity contribution in [2.24, 2.45) is 5.41 Å². The maximum absolute atomic E-state index is 14.2. The zero-order valence-corrected chi connectivity index (χ0v) is 24.7. The van der Waals surface area contributed by atoms with E-state index in [-0.39, 0.29) is 5.41 Å². The second-order valence-electron chi connectivity index (χ2n) is 10.7. The zero-order chi connectivity index (χ0) is 27.7. The van der Waals surface area contributed by atoms with Gasteiger partial charge in [-0.25, -0.2) is 0 Å². The van der Waals surface area contributed by atoms with E-state index in [0.717, 1.165) is 40.5 Å². The van der Waals surface area contributed by atoms with Gasteiger partial charge in [0, 0.05) is 39.0 Å². The van der Waals surface area contributed by atoms with Gasteiger partial charge in [0.05, 0.1) is 26.4 Å². The molecule has 0 N–H and O–H groups in total. The fraction of sp³-hybridized carbons (Fsp3) is 0.294. The molecule has 1 fully saturated rings. The summed E-state index contributed by atoms with van der Waals surface area (Å²) in [5, 5.41) is 3.47. The molecule has 0 amide bonds. The Kier molecular flexibility index (Phi) is 9.56. The lowest BCUT2D eigenvalue weighted by molar-refractivity contribution is -0.0604. The molecule has 4 aromatic rings. The van der Waals surface area contributed by atoms with E-state index >= 15 is 0 Å². The fourth-order valence-corrected chi connectivity index (χ4v) is 10.5. The van der Waals surface area contributed by atoms with Crippen LogP contribution in [0.1, 0.15) is 19.3 Å². The van der Waals surface area contributed by atoms with Gasteiger partial charge in [0.1, 0.15) is 14.3 Å². The van der Waals surface area contributed by atoms with Crippen LogP contribution >= 0.6 is 14.3 Å². The minimum absolute atomic E-state index is 0.0209. The summed E-state index contributed by atoms with van der Waals surface area (Å²) in [7, 11) is -5.57. The molecule has 1 aliphatic rings. The minimum Gasteiger partial charge on any atom is -0.380 e. The van der Waals surface area contributed by atoms with Crippen LogP contribution in [0.2, 0.25) is 0 Å². The third-order valence-electron chi connectivity index (χ3n) is 8.02. The second kappa shape index (κ2) is 13.3. The largest absolute Gasteiger partial charge is 0.380 e. The van der Waals surface area contributed by atoms with E-state index in [0.29, 0.717) is 38.8 Å². The lowest BCUT2D eigenvalue weighted by Crippen LogP contribution is -2.39. The number of hydrogen-bond acceptors (Lipinski definition) is 4. The fourth-order valence-electron chi connectivity index (χ4n) is 5.46. The van der Waals surface area contributed by atoms with Crippen LogP contribution in [0.25, 0.3) is 0 Å². The summed E-state index contributed by atoms with van der Waals surface area (Å²) in [5.41, 5.74) is -0.0209. The Bertz CT molecular complexity index is 1230. The lowest BCUT2D eigenvalue weighted by atomic mass is 9.70. The molecule has 1 saturated carbocycles. The van der Waals surface area contributed by atoms with Crippen molar-refractivity contribution in [2.75, 3.05) is 38.8 Å². The molecule has 0 aromatic heterocycles. The van der Waals surface area contributed by atoms with E-state index in [1.54, 1.807) is 0 Å². The highest BCUT2D eigenvalue weighted by Crippen LogP contribution is 2.45. The molecule has 0 unspecified atom stereocenters. The van der Waals surface area contributed by atoms with Gasteiger partial charge in [0.2, 0.25) is 0 Å². The summed E-state index contributed by atoms with van der Waals surface area (Å²) >= 11 is 0. The van der Waals surface area contributed by atoms with Crippen molar-refractivity contribution in [1.82, 2.24) is 0 Å². The zero-order valence-electron chi connectivity index (χ0n) is 22.9. The van der Waals surface area contributed by atoms with E-state index in [9.17, 15) is 9.13 Å². The van der Waals surface area contributed by atoms with Crippen LogP contribution in [0.4, 0.5) is 0 Å². The van der Waals surface area contributed by atoms with E-state index in [2.05, 4.69) is 0 Å². The van der Waals surface area contributed by atoms with Crippen molar-refractivity contribution in [3.63, 3.8) is 0 Å². The number of rotatable bonds is 14. The van der Waals surface area contributed by atoms with Crippen molar-refractivity contribution in [3.8, 4) is 0 Å². The molecule has 4 nitrogen and oxygen atoms in total. The van der Waals surface area contributed by atoms with Gasteiger partial charge in [-0.1, -0.05) is 128 Å². The number of benzene rings is 4. The summed E-state index contributed by atoms with van der Waals surface area (Å²) in [4.78, 5) is 0. The Balaban J connectivity index is 1.17. The highest BCUT2D eigenvalue weighted by Gasteiger charge is 2.38. The van der Waals surface area contributed by atoms with E-state index in [1.807, 2.05) is 121 Å². The molecule has 1 aliphatic carbocycles. The van der Waals surface area contributed by atoms with E-state index < -0.39 is 14.3 Å². The first-order valence-electron chi connectivity index (χ1n) is 14.1. The molecule has 0 atom stereocenters. The predicted octanol–water partition coefficient (Wildman–Crippen LogP) is 6.22. The van der Waals surface area contributed by atoms with E-state index in [4.69, 9.17) is 9.47 Å². The molecule has 0 radical (unpaired) electrons. The summed E-state index contributed by atoms with van der Waals surface area (Å²) in [6.07, 6.45) is 4.20. The van der Waals surface area contributed by atoms with Crippen LogP contribution in [-0.2, 0) is 18.6 Å². The molecule has 5 rings (SSSR count). The highest BCUT2D eigenvalue weighted by atomic mass is 31.2. The molecule has 0 aliphatic heterocycles. The quantitative estimate of drug-likeness (QED) is 0.133. The number of ether oxygens (including phenoxy) is 2. The van der Waals surface area contributed by atoms with Gasteiger partial charge < -0.3 is 18.6 Å². The topological polar surface area (TPSA) is 52.6 Å². The van der Waals surface area contributed by atoms with Gasteiger partial charge in [-0.15, -0.1) is 0 Å². The van der Waals surface area contributed by atoms with E-state index in [1.165, 1.54) is 0 Å². The van der Waals surface area contributed by atoms with Crippen molar-refractivity contribution >= 4 is 35.5 Å². The molecule has 0 heterocycles. The van der Waals surface area contributed by atoms with Crippen molar-refractivity contribution in [3.05, 3.63) is 121 Å². The van der Waals surface area contributed by atoms with Crippen molar-refractivity contribution in [2.45, 2.75) is 19.3 Å². The average molecular weight is 573 g/mol. The smallest absolute Gasteiger partial charge is 0.145 e. The molecular weight excluding hydrogens is 534 g/mol. The van der Waals surface area contributed by atoms with Gasteiger partial charge >= 0.3 is 0 Å². The summed E-state index contributed by atoms with van der Waals surface area (Å²) < 4.78 is 40.9. The molecular formula is C34H38O4P2. The first kappa shape index (κ1) is 28.8. The second-order valence-corrected chi connectivity index (χ2v) is 16.6. The van der Waals surface area contributed by atoms with Gasteiger partial charge in [-0.3, -0.25) is 0 Å². The third-order valence-corrected chi connectivity index (χ3v) is 14.2. The minimum atomic E-state index is -2.79.